The summed E-state index contributed by atoms with van der Waals surface area (Å²) in [5.74, 6) is 0.279. The van der Waals surface area contributed by atoms with Crippen LogP contribution in [0, 0.1) is 11.7 Å². The standard InChI is InChI=1S/C22H28ClFN4O2/c1-3-15(30-2)10-27-21(26)18-8-16-17(9-20(18)24)22(29)28(12-19(16)23)11-13-5-4-6-14(25)7-13/h8-10,12-14H,3-7,11,25H2,1-2H3,(H2,26,27)/b15-10+/t13-,14+/m1/s1. The van der Waals surface area contributed by atoms with Gasteiger partial charge in [0.15, 0.2) is 0 Å². The number of fused-ring (bicyclic) bond motifs is 1. The smallest absolute Gasteiger partial charge is 0.258 e. The van der Waals surface area contributed by atoms with Gasteiger partial charge in [0.2, 0.25) is 0 Å². The SMILES string of the molecule is CC/C(=C\N=C(N)c1cc2c(Cl)cn(C[C@@H]3CCC[C@H](N)C3)c(=O)c2cc1F)OC. The Labute approximate surface area is 180 Å². The maximum absolute atomic E-state index is 14.8. The summed E-state index contributed by atoms with van der Waals surface area (Å²) in [7, 11) is 1.53. The molecule has 8 heteroatoms. The number of hydrogen-bond donors (Lipinski definition) is 2. The highest BCUT2D eigenvalue weighted by atomic mass is 35.5. The molecule has 0 spiro atoms. The average Bonchev–Trinajstić information content (AvgIpc) is 2.72. The summed E-state index contributed by atoms with van der Waals surface area (Å²) in [5.41, 5.74) is 11.8. The minimum atomic E-state index is -0.627. The van der Waals surface area contributed by atoms with Gasteiger partial charge in [-0.3, -0.25) is 4.79 Å². The number of halogens is 2. The van der Waals surface area contributed by atoms with Crippen LogP contribution in [-0.4, -0.2) is 23.6 Å². The normalized spacial score (nSPS) is 20.6. The second kappa shape index (κ2) is 9.62. The molecule has 0 saturated heterocycles. The van der Waals surface area contributed by atoms with Crippen LogP contribution in [0.1, 0.15) is 44.6 Å². The zero-order valence-electron chi connectivity index (χ0n) is 17.3. The summed E-state index contributed by atoms with van der Waals surface area (Å²) in [5, 5.41) is 1.03. The molecule has 0 radical (unpaired) electrons. The minimum Gasteiger partial charge on any atom is -0.500 e. The molecule has 0 amide bonds. The van der Waals surface area contributed by atoms with Crippen LogP contribution in [0.25, 0.3) is 10.8 Å². The van der Waals surface area contributed by atoms with Gasteiger partial charge in [0.1, 0.15) is 17.4 Å². The number of aromatic nitrogens is 1. The summed E-state index contributed by atoms with van der Waals surface area (Å²) < 4.78 is 21.5. The van der Waals surface area contributed by atoms with Gasteiger partial charge < -0.3 is 20.8 Å². The van der Waals surface area contributed by atoms with Crippen LogP contribution in [0.2, 0.25) is 5.02 Å². The van der Waals surface area contributed by atoms with E-state index >= 15 is 0 Å². The van der Waals surface area contributed by atoms with Crippen molar-refractivity contribution in [3.8, 4) is 0 Å². The second-order valence-electron chi connectivity index (χ2n) is 7.77. The van der Waals surface area contributed by atoms with Crippen molar-refractivity contribution >= 4 is 28.2 Å². The van der Waals surface area contributed by atoms with Gasteiger partial charge in [-0.25, -0.2) is 9.38 Å². The molecule has 1 fully saturated rings. The molecule has 162 valence electrons. The number of ether oxygens (including phenoxy) is 1. The van der Waals surface area contributed by atoms with E-state index in [9.17, 15) is 9.18 Å². The number of nitrogens with two attached hydrogens (primary N) is 2. The first kappa shape index (κ1) is 22.3. The number of nitrogens with zero attached hydrogens (tertiary/aromatic N) is 2. The number of methoxy groups -OCH3 is 1. The number of pyridine rings is 1. The van der Waals surface area contributed by atoms with Crippen LogP contribution in [0.5, 0.6) is 0 Å². The Bertz CT molecular complexity index is 1040. The highest BCUT2D eigenvalue weighted by molar-refractivity contribution is 6.35. The molecular weight excluding hydrogens is 407 g/mol. The topological polar surface area (TPSA) is 95.6 Å². The molecule has 6 nitrogen and oxygen atoms in total. The second-order valence-corrected chi connectivity index (χ2v) is 8.18. The van der Waals surface area contributed by atoms with E-state index in [0.717, 1.165) is 25.7 Å². The molecule has 0 unspecified atom stereocenters. The first-order valence-electron chi connectivity index (χ1n) is 10.2. The van der Waals surface area contributed by atoms with Crippen molar-refractivity contribution < 1.29 is 9.13 Å². The Morgan fingerprint density at radius 3 is 2.83 bits per heavy atom. The van der Waals surface area contributed by atoms with E-state index < -0.39 is 5.82 Å². The van der Waals surface area contributed by atoms with Crippen molar-refractivity contribution in [2.75, 3.05) is 7.11 Å². The van der Waals surface area contributed by atoms with Crippen LogP contribution in [0.4, 0.5) is 4.39 Å². The molecule has 2 atom stereocenters. The van der Waals surface area contributed by atoms with Gasteiger partial charge in [-0.15, -0.1) is 0 Å². The van der Waals surface area contributed by atoms with Gasteiger partial charge in [-0.2, -0.15) is 0 Å². The lowest BCUT2D eigenvalue weighted by Gasteiger charge is -2.27. The van der Waals surface area contributed by atoms with E-state index in [4.69, 9.17) is 27.8 Å². The number of amidine groups is 1. The van der Waals surface area contributed by atoms with Crippen molar-refractivity contribution in [2.45, 2.75) is 51.6 Å². The number of allylic oxidation sites excluding steroid dienone is 1. The quantitative estimate of drug-likeness (QED) is 0.409. The fourth-order valence-electron chi connectivity index (χ4n) is 3.98. The summed E-state index contributed by atoms with van der Waals surface area (Å²) in [4.78, 5) is 17.1. The molecule has 1 aliphatic carbocycles. The van der Waals surface area contributed by atoms with Gasteiger partial charge in [0, 0.05) is 30.6 Å². The molecule has 0 aliphatic heterocycles. The summed E-state index contributed by atoms with van der Waals surface area (Å²) in [6.07, 6.45) is 7.65. The highest BCUT2D eigenvalue weighted by Crippen LogP contribution is 2.27. The molecule has 30 heavy (non-hydrogen) atoms. The molecule has 1 heterocycles. The van der Waals surface area contributed by atoms with E-state index in [1.54, 1.807) is 10.8 Å². The third-order valence-electron chi connectivity index (χ3n) is 5.64. The number of hydrogen-bond acceptors (Lipinski definition) is 4. The van der Waals surface area contributed by atoms with Gasteiger partial charge in [0.25, 0.3) is 5.56 Å². The average molecular weight is 435 g/mol. The van der Waals surface area contributed by atoms with Crippen LogP contribution < -0.4 is 17.0 Å². The molecule has 4 N–H and O–H groups in total. The van der Waals surface area contributed by atoms with Crippen molar-refractivity contribution in [3.63, 3.8) is 0 Å². The van der Waals surface area contributed by atoms with Gasteiger partial charge >= 0.3 is 0 Å². The first-order chi connectivity index (χ1) is 14.3. The van der Waals surface area contributed by atoms with Gasteiger partial charge in [0.05, 0.1) is 29.3 Å². The maximum atomic E-state index is 14.8. The predicted molar refractivity (Wildman–Crippen MR) is 119 cm³/mol. The van der Waals surface area contributed by atoms with E-state index in [2.05, 4.69) is 4.99 Å². The Kier molecular flexibility index (Phi) is 7.15. The van der Waals surface area contributed by atoms with Crippen molar-refractivity contribution in [2.24, 2.45) is 22.4 Å². The van der Waals surface area contributed by atoms with Crippen LogP contribution in [0.15, 0.2) is 40.1 Å². The number of aliphatic imine (C=N–C) groups is 1. The monoisotopic (exact) mass is 434 g/mol. The molecule has 1 aromatic heterocycles. The fourth-order valence-corrected chi connectivity index (χ4v) is 4.25. The van der Waals surface area contributed by atoms with Gasteiger partial charge in [-0.05, 0) is 37.3 Å². The Balaban J connectivity index is 1.99. The van der Waals surface area contributed by atoms with Crippen molar-refractivity contribution in [1.82, 2.24) is 4.57 Å². The molecule has 0 bridgehead atoms. The maximum Gasteiger partial charge on any atom is 0.258 e. The van der Waals surface area contributed by atoms with E-state index in [0.29, 0.717) is 35.1 Å². The largest absolute Gasteiger partial charge is 0.500 e. The Morgan fingerprint density at radius 1 is 1.40 bits per heavy atom. The summed E-state index contributed by atoms with van der Waals surface area (Å²) in [6.45, 7) is 2.43. The van der Waals surface area contributed by atoms with E-state index in [1.165, 1.54) is 25.4 Å². The van der Waals surface area contributed by atoms with Crippen molar-refractivity contribution in [3.05, 3.63) is 57.0 Å². The fraction of sp³-hybridized carbons (Fsp3) is 0.455. The number of benzene rings is 1. The zero-order chi connectivity index (χ0) is 21.8. The lowest BCUT2D eigenvalue weighted by molar-refractivity contribution is 0.279. The molecule has 1 saturated carbocycles. The number of rotatable bonds is 6. The molecule has 2 aromatic rings. The third-order valence-corrected chi connectivity index (χ3v) is 5.94. The Hall–Kier alpha value is -2.38. The molecule has 3 rings (SSSR count). The van der Waals surface area contributed by atoms with Crippen molar-refractivity contribution in [1.29, 1.82) is 0 Å². The highest BCUT2D eigenvalue weighted by Gasteiger charge is 2.21. The molecule has 1 aliphatic rings. The van der Waals surface area contributed by atoms with Gasteiger partial charge in [-0.1, -0.05) is 24.9 Å². The third kappa shape index (κ3) is 4.84. The zero-order valence-corrected chi connectivity index (χ0v) is 18.1. The molecular formula is C22H28ClFN4O2. The van der Waals surface area contributed by atoms with Crippen LogP contribution >= 0.6 is 11.6 Å². The lowest BCUT2D eigenvalue weighted by Crippen LogP contribution is -2.32. The predicted octanol–water partition coefficient (Wildman–Crippen LogP) is 3.91. The lowest BCUT2D eigenvalue weighted by atomic mass is 9.86. The Morgan fingerprint density at radius 2 is 2.17 bits per heavy atom. The van der Waals surface area contributed by atoms with E-state index in [1.807, 2.05) is 6.92 Å². The minimum absolute atomic E-state index is 0.0196. The first-order valence-corrected chi connectivity index (χ1v) is 10.6. The summed E-state index contributed by atoms with van der Waals surface area (Å²) >= 11 is 6.46. The van der Waals surface area contributed by atoms with Crippen LogP contribution in [0.3, 0.4) is 0 Å². The van der Waals surface area contributed by atoms with Crippen LogP contribution in [-0.2, 0) is 11.3 Å². The van der Waals surface area contributed by atoms with E-state index in [-0.39, 0.29) is 28.4 Å². The summed E-state index contributed by atoms with van der Waals surface area (Å²) in [6, 6.07) is 2.82. The molecule has 1 aromatic carbocycles.